The zero-order chi connectivity index (χ0) is 21.6. The third kappa shape index (κ3) is 7.29. The normalized spacial score (nSPS) is 10.8. The van der Waals surface area contributed by atoms with Crippen molar-refractivity contribution in [2.24, 2.45) is 0 Å². The first-order chi connectivity index (χ1) is 13.5. The van der Waals surface area contributed by atoms with Crippen LogP contribution in [-0.4, -0.2) is 42.0 Å². The second-order valence-electron chi connectivity index (χ2n) is 7.78. The summed E-state index contributed by atoms with van der Waals surface area (Å²) < 4.78 is 5.19. The minimum atomic E-state index is -0.595. The fraction of sp³-hybridized carbons (Fsp3) is 0.318. The van der Waals surface area contributed by atoms with Crippen molar-refractivity contribution in [3.8, 4) is 0 Å². The monoisotopic (exact) mass is 397 g/mol. The van der Waals surface area contributed by atoms with E-state index in [0.717, 1.165) is 5.56 Å². The summed E-state index contributed by atoms with van der Waals surface area (Å²) in [5.41, 5.74) is 2.10. The second-order valence-corrected chi connectivity index (χ2v) is 7.78. The first kappa shape index (κ1) is 21.9. The van der Waals surface area contributed by atoms with Crippen LogP contribution in [0.1, 0.15) is 36.7 Å². The highest BCUT2D eigenvalue weighted by Crippen LogP contribution is 2.14. The number of ether oxygens (including phenoxy) is 1. The summed E-state index contributed by atoms with van der Waals surface area (Å²) in [7, 11) is 1.56. The Hall–Kier alpha value is -3.35. The molecule has 154 valence electrons. The quantitative estimate of drug-likeness (QED) is 0.797. The van der Waals surface area contributed by atoms with Gasteiger partial charge in [-0.3, -0.25) is 14.9 Å². The van der Waals surface area contributed by atoms with Crippen molar-refractivity contribution in [1.29, 1.82) is 0 Å². The molecule has 0 spiro atoms. The number of hydrogen-bond acceptors (Lipinski definition) is 4. The predicted molar refractivity (Wildman–Crippen MR) is 113 cm³/mol. The van der Waals surface area contributed by atoms with Gasteiger partial charge in [0.05, 0.1) is 6.54 Å². The number of likely N-dealkylation sites (N-methyl/N-ethyl adjacent to an activating group) is 1. The van der Waals surface area contributed by atoms with Gasteiger partial charge in [-0.05, 0) is 64.1 Å². The highest BCUT2D eigenvalue weighted by Gasteiger charge is 2.17. The van der Waals surface area contributed by atoms with E-state index in [1.54, 1.807) is 52.1 Å². The summed E-state index contributed by atoms with van der Waals surface area (Å²) in [5.74, 6) is -0.583. The van der Waals surface area contributed by atoms with Crippen LogP contribution in [0.2, 0.25) is 0 Å². The molecule has 29 heavy (non-hydrogen) atoms. The van der Waals surface area contributed by atoms with Crippen molar-refractivity contribution in [2.75, 3.05) is 24.2 Å². The van der Waals surface area contributed by atoms with Crippen molar-refractivity contribution in [2.45, 2.75) is 33.3 Å². The lowest BCUT2D eigenvalue weighted by Gasteiger charge is -2.20. The highest BCUT2D eigenvalue weighted by atomic mass is 16.6. The molecule has 2 aromatic rings. The fourth-order valence-corrected chi connectivity index (χ4v) is 2.46. The number of hydrogen-bond donors (Lipinski definition) is 2. The van der Waals surface area contributed by atoms with Crippen molar-refractivity contribution in [3.63, 3.8) is 0 Å². The van der Waals surface area contributed by atoms with E-state index < -0.39 is 11.7 Å². The van der Waals surface area contributed by atoms with Crippen LogP contribution in [0.5, 0.6) is 0 Å². The maximum Gasteiger partial charge on any atom is 0.412 e. The summed E-state index contributed by atoms with van der Waals surface area (Å²) in [4.78, 5) is 37.8. The lowest BCUT2D eigenvalue weighted by atomic mass is 10.2. The molecule has 2 aromatic carbocycles. The van der Waals surface area contributed by atoms with Gasteiger partial charge in [-0.2, -0.15) is 0 Å². The number of carbonyl (C=O) groups is 3. The Labute approximate surface area is 171 Å². The number of benzene rings is 2. The van der Waals surface area contributed by atoms with Crippen LogP contribution in [0, 0.1) is 6.92 Å². The molecule has 0 unspecified atom stereocenters. The Kier molecular flexibility index (Phi) is 6.98. The van der Waals surface area contributed by atoms with E-state index in [9.17, 15) is 14.4 Å². The van der Waals surface area contributed by atoms with Gasteiger partial charge in [-0.25, -0.2) is 4.79 Å². The zero-order valence-electron chi connectivity index (χ0n) is 17.4. The van der Waals surface area contributed by atoms with Crippen LogP contribution in [0.15, 0.2) is 48.5 Å². The standard InChI is InChI=1S/C22H27N3O4/c1-15-6-10-17(11-7-15)23-19(26)14-25(5)20(27)16-8-12-18(13-9-16)24-21(28)29-22(2,3)4/h6-13H,14H2,1-5H3,(H,23,26)(H,24,28). The number of nitrogens with one attached hydrogen (secondary N) is 2. The molecule has 3 amide bonds. The van der Waals surface area contributed by atoms with E-state index in [1.807, 2.05) is 31.2 Å². The smallest absolute Gasteiger partial charge is 0.412 e. The van der Waals surface area contributed by atoms with Crippen LogP contribution in [0.3, 0.4) is 0 Å². The van der Waals surface area contributed by atoms with E-state index in [2.05, 4.69) is 10.6 Å². The molecular weight excluding hydrogens is 370 g/mol. The number of nitrogens with zero attached hydrogens (tertiary/aromatic N) is 1. The number of anilines is 2. The topological polar surface area (TPSA) is 87.7 Å². The minimum Gasteiger partial charge on any atom is -0.444 e. The van der Waals surface area contributed by atoms with Gasteiger partial charge >= 0.3 is 6.09 Å². The van der Waals surface area contributed by atoms with Gasteiger partial charge in [0, 0.05) is 24.0 Å². The molecule has 0 saturated carbocycles. The molecule has 0 bridgehead atoms. The van der Waals surface area contributed by atoms with Gasteiger partial charge in [0.25, 0.3) is 5.91 Å². The summed E-state index contributed by atoms with van der Waals surface area (Å²) >= 11 is 0. The molecule has 0 aliphatic heterocycles. The van der Waals surface area contributed by atoms with E-state index in [-0.39, 0.29) is 18.4 Å². The molecule has 0 aliphatic carbocycles. The van der Waals surface area contributed by atoms with Crippen molar-refractivity contribution in [3.05, 3.63) is 59.7 Å². The SMILES string of the molecule is Cc1ccc(NC(=O)CN(C)C(=O)c2ccc(NC(=O)OC(C)(C)C)cc2)cc1. The molecule has 0 aliphatic rings. The maximum atomic E-state index is 12.5. The van der Waals surface area contributed by atoms with E-state index >= 15 is 0 Å². The molecule has 0 fully saturated rings. The van der Waals surface area contributed by atoms with Crippen molar-refractivity contribution in [1.82, 2.24) is 4.90 Å². The van der Waals surface area contributed by atoms with Gasteiger partial charge in [0.15, 0.2) is 0 Å². The second kappa shape index (κ2) is 9.23. The van der Waals surface area contributed by atoms with Crippen LogP contribution in [0.25, 0.3) is 0 Å². The van der Waals surface area contributed by atoms with Crippen molar-refractivity contribution < 1.29 is 19.1 Å². The Morgan fingerprint density at radius 3 is 1.97 bits per heavy atom. The Morgan fingerprint density at radius 2 is 1.41 bits per heavy atom. The average Bonchev–Trinajstić information content (AvgIpc) is 2.62. The van der Waals surface area contributed by atoms with Crippen molar-refractivity contribution >= 4 is 29.3 Å². The van der Waals surface area contributed by atoms with Crippen LogP contribution >= 0.6 is 0 Å². The number of carbonyl (C=O) groups excluding carboxylic acids is 3. The van der Waals surface area contributed by atoms with Gasteiger partial charge in [0.2, 0.25) is 5.91 Å². The first-order valence-corrected chi connectivity index (χ1v) is 9.25. The first-order valence-electron chi connectivity index (χ1n) is 9.25. The molecule has 0 heterocycles. The van der Waals surface area contributed by atoms with E-state index in [0.29, 0.717) is 16.9 Å². The van der Waals surface area contributed by atoms with Crippen LogP contribution in [-0.2, 0) is 9.53 Å². The van der Waals surface area contributed by atoms with Crippen LogP contribution in [0.4, 0.5) is 16.2 Å². The summed E-state index contributed by atoms with van der Waals surface area (Å²) in [6.45, 7) is 7.22. The Balaban J connectivity index is 1.90. The highest BCUT2D eigenvalue weighted by molar-refractivity contribution is 5.99. The van der Waals surface area contributed by atoms with E-state index in [4.69, 9.17) is 4.74 Å². The Bertz CT molecular complexity index is 868. The predicted octanol–water partition coefficient (Wildman–Crippen LogP) is 4.05. The minimum absolute atomic E-state index is 0.0788. The molecule has 0 atom stereocenters. The van der Waals surface area contributed by atoms with Crippen LogP contribution < -0.4 is 10.6 Å². The molecule has 7 heteroatoms. The molecule has 7 nitrogen and oxygen atoms in total. The lowest BCUT2D eigenvalue weighted by Crippen LogP contribution is -2.34. The number of aryl methyl sites for hydroxylation is 1. The molecule has 2 N–H and O–H groups in total. The third-order valence-corrected chi connectivity index (χ3v) is 3.84. The van der Waals surface area contributed by atoms with Gasteiger partial charge in [0.1, 0.15) is 5.60 Å². The molecule has 0 aromatic heterocycles. The summed E-state index contributed by atoms with van der Waals surface area (Å²) in [6, 6.07) is 13.8. The summed E-state index contributed by atoms with van der Waals surface area (Å²) in [5, 5.41) is 5.37. The molecule has 0 radical (unpaired) electrons. The van der Waals surface area contributed by atoms with Gasteiger partial charge in [-0.15, -0.1) is 0 Å². The molecule has 0 saturated heterocycles. The van der Waals surface area contributed by atoms with Gasteiger partial charge < -0.3 is 15.0 Å². The largest absolute Gasteiger partial charge is 0.444 e. The molecule has 2 rings (SSSR count). The van der Waals surface area contributed by atoms with Gasteiger partial charge in [-0.1, -0.05) is 17.7 Å². The number of amides is 3. The molecular formula is C22H27N3O4. The number of rotatable bonds is 5. The van der Waals surface area contributed by atoms with E-state index in [1.165, 1.54) is 4.90 Å². The summed E-state index contributed by atoms with van der Waals surface area (Å²) in [6.07, 6.45) is -0.568. The maximum absolute atomic E-state index is 12.5. The zero-order valence-corrected chi connectivity index (χ0v) is 17.4. The lowest BCUT2D eigenvalue weighted by molar-refractivity contribution is -0.116. The third-order valence-electron chi connectivity index (χ3n) is 3.84. The Morgan fingerprint density at radius 1 is 0.897 bits per heavy atom. The average molecular weight is 397 g/mol. The fourth-order valence-electron chi connectivity index (χ4n) is 2.46.